The van der Waals surface area contributed by atoms with Crippen LogP contribution in [0.15, 0.2) is 72.9 Å². The van der Waals surface area contributed by atoms with Gasteiger partial charge in [0, 0.05) is 12.8 Å². The zero-order chi connectivity index (χ0) is 34.7. The molecule has 0 aliphatic rings. The lowest BCUT2D eigenvalue weighted by atomic mass is 10.1. The average Bonchev–Trinajstić information content (AvgIpc) is 3.04. The molecule has 1 atom stereocenters. The van der Waals surface area contributed by atoms with E-state index in [0.717, 1.165) is 57.8 Å². The highest BCUT2D eigenvalue weighted by atomic mass is 31.2. The Bertz CT molecular complexity index is 990. The van der Waals surface area contributed by atoms with Gasteiger partial charge in [-0.3, -0.25) is 14.1 Å². The first-order valence-corrected chi connectivity index (χ1v) is 19.3. The Morgan fingerprint density at radius 3 is 1.49 bits per heavy atom. The number of allylic oxidation sites excluding steroid dienone is 12. The largest absolute Gasteiger partial charge is 0.469 e. The summed E-state index contributed by atoms with van der Waals surface area (Å²) in [6.45, 7) is 3.46. The fourth-order valence-corrected chi connectivity index (χ4v) is 4.76. The van der Waals surface area contributed by atoms with Crippen molar-refractivity contribution in [2.24, 2.45) is 0 Å². The molecule has 0 rings (SSSR count). The third-order valence-electron chi connectivity index (χ3n) is 7.00. The van der Waals surface area contributed by atoms with Gasteiger partial charge in [-0.2, -0.15) is 0 Å². The SMILES string of the molecule is CC/C=C/C/C=C/C/C=C/C/C=C/C/C=C/C/C=C/CCC(=O)O[C@H](COC(=O)CCCCCCCCCCCC)COP(=O)(O)O. The molecular weight excluding hydrogens is 615 g/mol. The molecule has 0 saturated heterocycles. The van der Waals surface area contributed by atoms with E-state index in [0.29, 0.717) is 12.8 Å². The van der Waals surface area contributed by atoms with Gasteiger partial charge in [-0.15, -0.1) is 0 Å². The molecular formula is C38H63O8P. The Balaban J connectivity index is 4.16. The van der Waals surface area contributed by atoms with E-state index >= 15 is 0 Å². The van der Waals surface area contributed by atoms with E-state index in [1.807, 2.05) is 12.2 Å². The molecule has 0 radical (unpaired) electrons. The van der Waals surface area contributed by atoms with Crippen LogP contribution in [0.5, 0.6) is 0 Å². The van der Waals surface area contributed by atoms with Crippen LogP contribution in [-0.4, -0.2) is 41.0 Å². The van der Waals surface area contributed by atoms with Crippen molar-refractivity contribution in [1.82, 2.24) is 0 Å². The monoisotopic (exact) mass is 678 g/mol. The second kappa shape index (κ2) is 33.4. The van der Waals surface area contributed by atoms with Gasteiger partial charge >= 0.3 is 19.8 Å². The topological polar surface area (TPSA) is 119 Å². The van der Waals surface area contributed by atoms with Gasteiger partial charge in [-0.1, -0.05) is 145 Å². The van der Waals surface area contributed by atoms with Gasteiger partial charge in [0.15, 0.2) is 6.10 Å². The van der Waals surface area contributed by atoms with Crippen molar-refractivity contribution >= 4 is 19.8 Å². The number of ether oxygens (including phenoxy) is 2. The predicted octanol–water partition coefficient (Wildman–Crippen LogP) is 10.3. The molecule has 2 N–H and O–H groups in total. The molecule has 47 heavy (non-hydrogen) atoms. The van der Waals surface area contributed by atoms with Crippen LogP contribution < -0.4 is 0 Å². The van der Waals surface area contributed by atoms with Crippen LogP contribution in [0.25, 0.3) is 0 Å². The number of phosphoric acid groups is 1. The minimum absolute atomic E-state index is 0.0845. The summed E-state index contributed by atoms with van der Waals surface area (Å²) in [5, 5.41) is 0. The maximum absolute atomic E-state index is 12.3. The maximum atomic E-state index is 12.3. The Hall–Kier alpha value is -2.51. The van der Waals surface area contributed by atoms with Crippen molar-refractivity contribution in [3.05, 3.63) is 72.9 Å². The van der Waals surface area contributed by atoms with Crippen LogP contribution in [0.3, 0.4) is 0 Å². The van der Waals surface area contributed by atoms with E-state index in [4.69, 9.17) is 19.3 Å². The summed E-state index contributed by atoms with van der Waals surface area (Å²) in [5.41, 5.74) is 0. The van der Waals surface area contributed by atoms with Crippen LogP contribution >= 0.6 is 7.82 Å². The number of hydrogen-bond acceptors (Lipinski definition) is 6. The molecule has 0 aromatic carbocycles. The van der Waals surface area contributed by atoms with E-state index in [1.165, 1.54) is 38.5 Å². The minimum Gasteiger partial charge on any atom is -0.462 e. The lowest BCUT2D eigenvalue weighted by molar-refractivity contribution is -0.161. The quantitative estimate of drug-likeness (QED) is 0.0322. The predicted molar refractivity (Wildman–Crippen MR) is 193 cm³/mol. The first-order valence-electron chi connectivity index (χ1n) is 17.7. The highest BCUT2D eigenvalue weighted by molar-refractivity contribution is 7.46. The lowest BCUT2D eigenvalue weighted by Gasteiger charge is -2.18. The van der Waals surface area contributed by atoms with Gasteiger partial charge < -0.3 is 19.3 Å². The summed E-state index contributed by atoms with van der Waals surface area (Å²) in [6, 6.07) is 0. The Morgan fingerprint density at radius 1 is 0.574 bits per heavy atom. The highest BCUT2D eigenvalue weighted by Gasteiger charge is 2.22. The van der Waals surface area contributed by atoms with Crippen molar-refractivity contribution < 1.29 is 37.9 Å². The molecule has 0 amide bonds. The molecule has 0 unspecified atom stereocenters. The van der Waals surface area contributed by atoms with E-state index in [1.54, 1.807) is 0 Å². The molecule has 0 bridgehead atoms. The standard InChI is InChI=1S/C38H63O8P/c1-3-5-7-9-11-13-15-16-17-18-19-20-21-22-23-25-27-29-31-33-38(40)46-36(35-45-47(41,42)43)34-44-37(39)32-30-28-26-24-14-12-10-8-6-4-2/h5,7,11,13,16-17,19-20,22-23,27,29,36H,3-4,6,8-10,12,14-15,18,21,24-26,28,30-35H2,1-2H3,(H2,41,42,43)/b7-5+,13-11+,17-16+,20-19+,23-22+,29-27+/t36-/m1/s1. The second-order valence-corrected chi connectivity index (χ2v) is 12.7. The van der Waals surface area contributed by atoms with Crippen LogP contribution in [0.2, 0.25) is 0 Å². The Morgan fingerprint density at radius 2 is 1.02 bits per heavy atom. The maximum Gasteiger partial charge on any atom is 0.469 e. The average molecular weight is 679 g/mol. The third kappa shape index (κ3) is 36.2. The molecule has 0 aliphatic carbocycles. The van der Waals surface area contributed by atoms with Crippen LogP contribution in [0.1, 0.15) is 136 Å². The van der Waals surface area contributed by atoms with Crippen molar-refractivity contribution in [3.8, 4) is 0 Å². The van der Waals surface area contributed by atoms with Gasteiger partial charge in [0.05, 0.1) is 6.61 Å². The van der Waals surface area contributed by atoms with E-state index in [2.05, 4.69) is 79.1 Å². The number of esters is 2. The highest BCUT2D eigenvalue weighted by Crippen LogP contribution is 2.35. The van der Waals surface area contributed by atoms with Crippen molar-refractivity contribution in [1.29, 1.82) is 0 Å². The fourth-order valence-electron chi connectivity index (χ4n) is 4.40. The van der Waals surface area contributed by atoms with Gasteiger partial charge in [-0.05, 0) is 51.4 Å². The molecule has 0 aromatic rings. The normalized spacial score (nSPS) is 13.4. The molecule has 0 heterocycles. The minimum atomic E-state index is -4.77. The number of carbonyl (C=O) groups is 2. The molecule has 8 nitrogen and oxygen atoms in total. The number of unbranched alkanes of at least 4 members (excludes halogenated alkanes) is 9. The summed E-state index contributed by atoms with van der Waals surface area (Å²) in [4.78, 5) is 42.5. The van der Waals surface area contributed by atoms with E-state index < -0.39 is 32.5 Å². The molecule has 268 valence electrons. The second-order valence-electron chi connectivity index (χ2n) is 11.5. The molecule has 0 fully saturated rings. The van der Waals surface area contributed by atoms with Crippen molar-refractivity contribution in [3.63, 3.8) is 0 Å². The van der Waals surface area contributed by atoms with Gasteiger partial charge in [0.25, 0.3) is 0 Å². The molecule has 0 saturated carbocycles. The number of carbonyl (C=O) groups excluding carboxylic acids is 2. The van der Waals surface area contributed by atoms with Crippen molar-refractivity contribution in [2.75, 3.05) is 13.2 Å². The van der Waals surface area contributed by atoms with Gasteiger partial charge in [0.1, 0.15) is 6.61 Å². The van der Waals surface area contributed by atoms with Crippen LogP contribution in [0, 0.1) is 0 Å². The summed E-state index contributed by atoms with van der Waals surface area (Å²) in [5.74, 6) is -0.991. The summed E-state index contributed by atoms with van der Waals surface area (Å²) in [6.07, 6.45) is 42.1. The zero-order valence-corrected chi connectivity index (χ0v) is 30.0. The fraction of sp³-hybridized carbons (Fsp3) is 0.632. The number of phosphoric ester groups is 1. The first-order chi connectivity index (χ1) is 22.8. The van der Waals surface area contributed by atoms with Crippen LogP contribution in [0.4, 0.5) is 0 Å². The summed E-state index contributed by atoms with van der Waals surface area (Å²) < 4.78 is 26.1. The van der Waals surface area contributed by atoms with Crippen LogP contribution in [-0.2, 0) is 28.2 Å². The Labute approximate surface area is 285 Å². The number of hydrogen-bond donors (Lipinski definition) is 2. The molecule has 0 aromatic heterocycles. The van der Waals surface area contributed by atoms with Gasteiger partial charge in [-0.25, -0.2) is 4.57 Å². The lowest BCUT2D eigenvalue weighted by Crippen LogP contribution is -2.29. The summed E-state index contributed by atoms with van der Waals surface area (Å²) in [7, 11) is -4.77. The molecule has 9 heteroatoms. The third-order valence-corrected chi connectivity index (χ3v) is 7.49. The smallest absolute Gasteiger partial charge is 0.462 e. The van der Waals surface area contributed by atoms with Gasteiger partial charge in [0.2, 0.25) is 0 Å². The zero-order valence-electron chi connectivity index (χ0n) is 29.1. The number of rotatable bonds is 31. The summed E-state index contributed by atoms with van der Waals surface area (Å²) >= 11 is 0. The molecule has 0 spiro atoms. The first kappa shape index (κ1) is 44.5. The Kier molecular flexibility index (Phi) is 31.6. The molecule has 0 aliphatic heterocycles. The van der Waals surface area contributed by atoms with E-state index in [-0.39, 0.29) is 19.4 Å². The van der Waals surface area contributed by atoms with Crippen molar-refractivity contribution in [2.45, 2.75) is 142 Å². The van der Waals surface area contributed by atoms with E-state index in [9.17, 15) is 14.2 Å².